The SMILES string of the molecule is CCC(C)N(CCOC)CC(=O)O. The lowest BCUT2D eigenvalue weighted by molar-refractivity contribution is -0.139. The van der Waals surface area contributed by atoms with E-state index in [9.17, 15) is 4.79 Å². The highest BCUT2D eigenvalue weighted by Gasteiger charge is 2.14. The van der Waals surface area contributed by atoms with Gasteiger partial charge >= 0.3 is 5.97 Å². The molecule has 13 heavy (non-hydrogen) atoms. The molecule has 1 atom stereocenters. The third-order valence-electron chi connectivity index (χ3n) is 2.14. The summed E-state index contributed by atoms with van der Waals surface area (Å²) in [6, 6.07) is 0.297. The summed E-state index contributed by atoms with van der Waals surface area (Å²) in [6.45, 7) is 5.43. The Morgan fingerprint density at radius 1 is 1.62 bits per heavy atom. The summed E-state index contributed by atoms with van der Waals surface area (Å²) in [5.41, 5.74) is 0. The Morgan fingerprint density at radius 2 is 2.23 bits per heavy atom. The molecule has 0 spiro atoms. The quantitative estimate of drug-likeness (QED) is 0.644. The molecule has 0 aliphatic rings. The molecule has 0 radical (unpaired) electrons. The van der Waals surface area contributed by atoms with E-state index in [1.165, 1.54) is 0 Å². The van der Waals surface area contributed by atoms with Crippen LogP contribution >= 0.6 is 0 Å². The monoisotopic (exact) mass is 189 g/mol. The molecule has 0 saturated heterocycles. The highest BCUT2D eigenvalue weighted by molar-refractivity contribution is 5.69. The van der Waals surface area contributed by atoms with Gasteiger partial charge in [0.15, 0.2) is 0 Å². The van der Waals surface area contributed by atoms with E-state index in [0.717, 1.165) is 6.42 Å². The van der Waals surface area contributed by atoms with E-state index >= 15 is 0 Å². The van der Waals surface area contributed by atoms with Crippen molar-refractivity contribution < 1.29 is 14.6 Å². The van der Waals surface area contributed by atoms with E-state index in [1.54, 1.807) is 7.11 Å². The number of carbonyl (C=O) groups is 1. The molecular weight excluding hydrogens is 170 g/mol. The molecule has 0 fully saturated rings. The molecule has 0 aromatic carbocycles. The van der Waals surface area contributed by atoms with Crippen LogP contribution in [0.3, 0.4) is 0 Å². The van der Waals surface area contributed by atoms with Gasteiger partial charge in [-0.3, -0.25) is 9.69 Å². The molecule has 0 amide bonds. The number of carboxylic acid groups (broad SMARTS) is 1. The van der Waals surface area contributed by atoms with Crippen molar-refractivity contribution >= 4 is 5.97 Å². The predicted molar refractivity (Wildman–Crippen MR) is 50.8 cm³/mol. The summed E-state index contributed by atoms with van der Waals surface area (Å²) in [5.74, 6) is -0.781. The molecule has 4 heteroatoms. The summed E-state index contributed by atoms with van der Waals surface area (Å²) in [7, 11) is 1.62. The maximum absolute atomic E-state index is 10.5. The van der Waals surface area contributed by atoms with Crippen molar-refractivity contribution in [3.8, 4) is 0 Å². The normalized spacial score (nSPS) is 13.2. The number of carboxylic acids is 1. The largest absolute Gasteiger partial charge is 0.480 e. The van der Waals surface area contributed by atoms with Crippen LogP contribution in [0, 0.1) is 0 Å². The van der Waals surface area contributed by atoms with Crippen LogP contribution in [0.1, 0.15) is 20.3 Å². The molecule has 0 aliphatic carbocycles. The van der Waals surface area contributed by atoms with Crippen LogP contribution in [0.2, 0.25) is 0 Å². The highest BCUT2D eigenvalue weighted by atomic mass is 16.5. The summed E-state index contributed by atoms with van der Waals surface area (Å²) in [5, 5.41) is 8.65. The van der Waals surface area contributed by atoms with Gasteiger partial charge in [-0.05, 0) is 13.3 Å². The van der Waals surface area contributed by atoms with Crippen molar-refractivity contribution in [1.29, 1.82) is 0 Å². The minimum Gasteiger partial charge on any atom is -0.480 e. The Hall–Kier alpha value is -0.610. The zero-order valence-corrected chi connectivity index (χ0v) is 8.62. The molecule has 0 rings (SSSR count). The fourth-order valence-corrected chi connectivity index (χ4v) is 1.10. The number of aliphatic carboxylic acids is 1. The van der Waals surface area contributed by atoms with Gasteiger partial charge in [0.1, 0.15) is 0 Å². The van der Waals surface area contributed by atoms with Crippen molar-refractivity contribution in [2.24, 2.45) is 0 Å². The van der Waals surface area contributed by atoms with Gasteiger partial charge < -0.3 is 9.84 Å². The van der Waals surface area contributed by atoms with Crippen molar-refractivity contribution in [2.45, 2.75) is 26.3 Å². The summed E-state index contributed by atoms with van der Waals surface area (Å²) in [6.07, 6.45) is 0.955. The Kier molecular flexibility index (Phi) is 6.54. The van der Waals surface area contributed by atoms with Crippen LogP contribution in [0.5, 0.6) is 0 Å². The van der Waals surface area contributed by atoms with Gasteiger partial charge in [0.2, 0.25) is 0 Å². The lowest BCUT2D eigenvalue weighted by Crippen LogP contribution is -2.39. The third kappa shape index (κ3) is 5.60. The predicted octanol–water partition coefficient (Wildman–Crippen LogP) is 0.818. The molecule has 0 heterocycles. The summed E-state index contributed by atoms with van der Waals surface area (Å²) >= 11 is 0. The lowest BCUT2D eigenvalue weighted by Gasteiger charge is -2.25. The van der Waals surface area contributed by atoms with Crippen LogP contribution in [0.25, 0.3) is 0 Å². The smallest absolute Gasteiger partial charge is 0.317 e. The van der Waals surface area contributed by atoms with E-state index in [2.05, 4.69) is 0 Å². The maximum atomic E-state index is 10.5. The molecule has 0 bridgehead atoms. The molecule has 0 aromatic rings. The van der Waals surface area contributed by atoms with Gasteiger partial charge in [-0.25, -0.2) is 0 Å². The first-order chi connectivity index (χ1) is 6.11. The van der Waals surface area contributed by atoms with Gasteiger partial charge in [0.25, 0.3) is 0 Å². The number of rotatable bonds is 7. The van der Waals surface area contributed by atoms with Crippen molar-refractivity contribution in [1.82, 2.24) is 4.90 Å². The van der Waals surface area contributed by atoms with E-state index in [4.69, 9.17) is 9.84 Å². The van der Waals surface area contributed by atoms with E-state index in [1.807, 2.05) is 18.7 Å². The molecular formula is C9H19NO3. The number of nitrogens with zero attached hydrogens (tertiary/aromatic N) is 1. The number of methoxy groups -OCH3 is 1. The molecule has 0 aromatic heterocycles. The number of ether oxygens (including phenoxy) is 1. The zero-order valence-electron chi connectivity index (χ0n) is 8.62. The van der Waals surface area contributed by atoms with Crippen molar-refractivity contribution in [2.75, 3.05) is 26.8 Å². The average molecular weight is 189 g/mol. The molecule has 4 nitrogen and oxygen atoms in total. The Bertz CT molecular complexity index is 150. The Labute approximate surface area is 79.5 Å². The van der Waals surface area contributed by atoms with E-state index < -0.39 is 5.97 Å². The Morgan fingerprint density at radius 3 is 2.62 bits per heavy atom. The van der Waals surface area contributed by atoms with Crippen LogP contribution in [0.4, 0.5) is 0 Å². The topological polar surface area (TPSA) is 49.8 Å². The summed E-state index contributed by atoms with van der Waals surface area (Å²) in [4.78, 5) is 12.4. The van der Waals surface area contributed by atoms with Crippen molar-refractivity contribution in [3.63, 3.8) is 0 Å². The van der Waals surface area contributed by atoms with Crippen LogP contribution in [0.15, 0.2) is 0 Å². The molecule has 0 aliphatic heterocycles. The molecule has 1 unspecified atom stereocenters. The maximum Gasteiger partial charge on any atom is 0.317 e. The third-order valence-corrected chi connectivity index (χ3v) is 2.14. The van der Waals surface area contributed by atoms with E-state index in [-0.39, 0.29) is 6.54 Å². The minimum atomic E-state index is -0.781. The first-order valence-electron chi connectivity index (χ1n) is 4.56. The van der Waals surface area contributed by atoms with Gasteiger partial charge in [0.05, 0.1) is 13.2 Å². The second kappa shape index (κ2) is 6.86. The standard InChI is InChI=1S/C9H19NO3/c1-4-8(2)10(5-6-13-3)7-9(11)12/h8H,4-7H2,1-3H3,(H,11,12). The first-order valence-corrected chi connectivity index (χ1v) is 4.56. The molecule has 0 saturated carbocycles. The number of hydrogen-bond acceptors (Lipinski definition) is 3. The molecule has 78 valence electrons. The minimum absolute atomic E-state index is 0.0956. The van der Waals surface area contributed by atoms with E-state index in [0.29, 0.717) is 19.2 Å². The van der Waals surface area contributed by atoms with Crippen LogP contribution < -0.4 is 0 Å². The number of hydrogen-bond donors (Lipinski definition) is 1. The first kappa shape index (κ1) is 12.4. The van der Waals surface area contributed by atoms with Gasteiger partial charge in [0, 0.05) is 19.7 Å². The van der Waals surface area contributed by atoms with Gasteiger partial charge in [-0.1, -0.05) is 6.92 Å². The van der Waals surface area contributed by atoms with Gasteiger partial charge in [-0.2, -0.15) is 0 Å². The lowest BCUT2D eigenvalue weighted by atomic mass is 10.2. The fourth-order valence-electron chi connectivity index (χ4n) is 1.10. The second-order valence-corrected chi connectivity index (χ2v) is 3.11. The second-order valence-electron chi connectivity index (χ2n) is 3.11. The average Bonchev–Trinajstić information content (AvgIpc) is 2.10. The van der Waals surface area contributed by atoms with Gasteiger partial charge in [-0.15, -0.1) is 0 Å². The Balaban J connectivity index is 3.94. The molecule has 1 N–H and O–H groups in total. The highest BCUT2D eigenvalue weighted by Crippen LogP contribution is 2.02. The zero-order chi connectivity index (χ0) is 10.3. The van der Waals surface area contributed by atoms with Crippen LogP contribution in [-0.2, 0) is 9.53 Å². The fraction of sp³-hybridized carbons (Fsp3) is 0.889. The van der Waals surface area contributed by atoms with Crippen molar-refractivity contribution in [3.05, 3.63) is 0 Å². The van der Waals surface area contributed by atoms with Crippen LogP contribution in [-0.4, -0.2) is 48.8 Å². The summed E-state index contributed by atoms with van der Waals surface area (Å²) < 4.78 is 4.91.